The van der Waals surface area contributed by atoms with E-state index in [1.165, 1.54) is 0 Å². The molecule has 128 valence electrons. The Balaban J connectivity index is 1.84. The van der Waals surface area contributed by atoms with Crippen LogP contribution in [-0.4, -0.2) is 19.6 Å². The maximum atomic E-state index is 12.1. The zero-order valence-electron chi connectivity index (χ0n) is 13.7. The van der Waals surface area contributed by atoms with Crippen LogP contribution in [0.15, 0.2) is 42.5 Å². The van der Waals surface area contributed by atoms with E-state index in [2.05, 4.69) is 5.32 Å². The smallest absolute Gasteiger partial charge is 0.275 e. The molecule has 0 saturated heterocycles. The molecule has 0 radical (unpaired) electrons. The normalized spacial score (nSPS) is 11.8. The van der Waals surface area contributed by atoms with Crippen molar-refractivity contribution in [1.82, 2.24) is 5.32 Å². The fraction of sp³-hybridized carbons (Fsp3) is 0.278. The molecule has 4 nitrogen and oxygen atoms in total. The molecule has 0 aliphatic rings. The van der Waals surface area contributed by atoms with Gasteiger partial charge in [0.25, 0.3) is 5.91 Å². The van der Waals surface area contributed by atoms with Crippen LogP contribution in [0.2, 0.25) is 10.0 Å². The number of hydrogen-bond acceptors (Lipinski definition) is 2. The van der Waals surface area contributed by atoms with Crippen LogP contribution < -0.4 is 15.4 Å². The summed E-state index contributed by atoms with van der Waals surface area (Å²) in [5, 5.41) is 6.05. The molecule has 1 amide bonds. The third-order valence-electron chi connectivity index (χ3n) is 3.78. The number of para-hydroxylation sites is 1. The first-order valence-electron chi connectivity index (χ1n) is 7.68. The van der Waals surface area contributed by atoms with Crippen LogP contribution in [0.5, 0.6) is 5.75 Å². The first-order chi connectivity index (χ1) is 11.5. The van der Waals surface area contributed by atoms with Gasteiger partial charge >= 0.3 is 0 Å². The average molecular weight is 368 g/mol. The van der Waals surface area contributed by atoms with Crippen LogP contribution in [-0.2, 0) is 11.3 Å². The number of methoxy groups -OCH3 is 1. The molecular formula is C18H21Cl2N2O2+. The minimum absolute atomic E-state index is 0.0437. The summed E-state index contributed by atoms with van der Waals surface area (Å²) in [6, 6.07) is 13.1. The molecule has 0 unspecified atom stereocenters. The number of hydrogen-bond donors (Lipinski definition) is 2. The highest BCUT2D eigenvalue weighted by molar-refractivity contribution is 6.35. The molecule has 2 rings (SSSR count). The summed E-state index contributed by atoms with van der Waals surface area (Å²) in [5.41, 5.74) is 1.90. The Morgan fingerprint density at radius 2 is 2.00 bits per heavy atom. The van der Waals surface area contributed by atoms with Crippen molar-refractivity contribution in [1.29, 1.82) is 0 Å². The lowest BCUT2D eigenvalue weighted by Gasteiger charge is -2.13. The molecule has 0 aliphatic carbocycles. The second-order valence-corrected chi connectivity index (χ2v) is 6.33. The number of nitrogens with two attached hydrogens (primary N) is 1. The van der Waals surface area contributed by atoms with Gasteiger partial charge in [-0.1, -0.05) is 47.5 Å². The van der Waals surface area contributed by atoms with Crippen LogP contribution in [0, 0.1) is 0 Å². The van der Waals surface area contributed by atoms with Gasteiger partial charge in [0.05, 0.1) is 12.1 Å². The van der Waals surface area contributed by atoms with E-state index in [0.717, 1.165) is 16.9 Å². The molecule has 2 aromatic carbocycles. The van der Waals surface area contributed by atoms with Gasteiger partial charge in [0.1, 0.15) is 11.8 Å². The van der Waals surface area contributed by atoms with Crippen molar-refractivity contribution in [2.45, 2.75) is 19.5 Å². The Bertz CT molecular complexity index is 707. The number of amides is 1. The number of quaternary nitrogens is 1. The van der Waals surface area contributed by atoms with Gasteiger partial charge in [0.15, 0.2) is 6.54 Å². The molecule has 0 saturated carbocycles. The minimum Gasteiger partial charge on any atom is -0.496 e. The van der Waals surface area contributed by atoms with E-state index < -0.39 is 0 Å². The highest BCUT2D eigenvalue weighted by Crippen LogP contribution is 2.24. The Hall–Kier alpha value is -1.75. The van der Waals surface area contributed by atoms with E-state index in [1.807, 2.05) is 42.6 Å². The molecule has 2 aromatic rings. The zero-order chi connectivity index (χ0) is 17.5. The van der Waals surface area contributed by atoms with Gasteiger partial charge in [0.2, 0.25) is 0 Å². The molecule has 24 heavy (non-hydrogen) atoms. The van der Waals surface area contributed by atoms with Crippen LogP contribution >= 0.6 is 23.2 Å². The maximum Gasteiger partial charge on any atom is 0.275 e. The van der Waals surface area contributed by atoms with E-state index in [4.69, 9.17) is 27.9 Å². The van der Waals surface area contributed by atoms with Crippen LogP contribution in [0.25, 0.3) is 0 Å². The lowest BCUT2D eigenvalue weighted by Crippen LogP contribution is -2.87. The van der Waals surface area contributed by atoms with Crippen LogP contribution in [0.3, 0.4) is 0 Å². The standard InChI is InChI=1S/C18H20Cl2N2O2/c1-12(15-8-7-14(19)9-16(15)20)21-11-18(23)22-10-13-5-3-4-6-17(13)24-2/h3-9,12,21H,10-11H2,1-2H3,(H,22,23)/p+1/t12-/m1/s1. The number of halogens is 2. The highest BCUT2D eigenvalue weighted by Gasteiger charge is 2.15. The van der Waals surface area contributed by atoms with Gasteiger partial charge in [0, 0.05) is 22.7 Å². The predicted octanol–water partition coefficient (Wildman–Crippen LogP) is 2.94. The summed E-state index contributed by atoms with van der Waals surface area (Å²) in [7, 11) is 1.62. The summed E-state index contributed by atoms with van der Waals surface area (Å²) in [6.45, 7) is 2.75. The number of rotatable bonds is 7. The summed E-state index contributed by atoms with van der Waals surface area (Å²) >= 11 is 12.1. The van der Waals surface area contributed by atoms with Gasteiger partial charge in [-0.3, -0.25) is 4.79 Å². The van der Waals surface area contributed by atoms with E-state index in [0.29, 0.717) is 23.1 Å². The zero-order valence-corrected chi connectivity index (χ0v) is 15.2. The third-order valence-corrected chi connectivity index (χ3v) is 4.34. The van der Waals surface area contributed by atoms with Gasteiger partial charge < -0.3 is 15.4 Å². The monoisotopic (exact) mass is 367 g/mol. The quantitative estimate of drug-likeness (QED) is 0.790. The fourth-order valence-electron chi connectivity index (χ4n) is 2.40. The lowest BCUT2D eigenvalue weighted by atomic mass is 10.1. The minimum atomic E-state index is -0.0437. The molecule has 0 heterocycles. The largest absolute Gasteiger partial charge is 0.496 e. The van der Waals surface area contributed by atoms with Crippen molar-refractivity contribution >= 4 is 29.1 Å². The molecular weight excluding hydrogens is 347 g/mol. The molecule has 0 fully saturated rings. The Morgan fingerprint density at radius 3 is 2.71 bits per heavy atom. The van der Waals surface area contributed by atoms with E-state index >= 15 is 0 Å². The SMILES string of the molecule is COc1ccccc1CNC(=O)C[NH2+][C@H](C)c1ccc(Cl)cc1Cl. The third kappa shape index (κ3) is 5.13. The first-order valence-corrected chi connectivity index (χ1v) is 8.43. The van der Waals surface area contributed by atoms with E-state index in [-0.39, 0.29) is 11.9 Å². The summed E-state index contributed by atoms with van der Waals surface area (Å²) in [4.78, 5) is 12.1. The van der Waals surface area contributed by atoms with Crippen LogP contribution in [0.4, 0.5) is 0 Å². The highest BCUT2D eigenvalue weighted by atomic mass is 35.5. The summed E-state index contributed by atoms with van der Waals surface area (Å²) in [5.74, 6) is 0.723. The number of carbonyl (C=O) groups excluding carboxylic acids is 1. The Kier molecular flexibility index (Phi) is 6.91. The van der Waals surface area contributed by atoms with E-state index in [1.54, 1.807) is 19.2 Å². The molecule has 0 bridgehead atoms. The molecule has 1 atom stereocenters. The number of ether oxygens (including phenoxy) is 1. The second kappa shape index (κ2) is 8.92. The maximum absolute atomic E-state index is 12.1. The van der Waals surface area contributed by atoms with Gasteiger partial charge in [-0.05, 0) is 25.1 Å². The van der Waals surface area contributed by atoms with Gasteiger partial charge in [-0.2, -0.15) is 0 Å². The topological polar surface area (TPSA) is 54.9 Å². The van der Waals surface area contributed by atoms with Crippen molar-refractivity contribution in [2.75, 3.05) is 13.7 Å². The van der Waals surface area contributed by atoms with Crippen molar-refractivity contribution in [3.63, 3.8) is 0 Å². The van der Waals surface area contributed by atoms with Gasteiger partial charge in [-0.25, -0.2) is 0 Å². The molecule has 3 N–H and O–H groups in total. The second-order valence-electron chi connectivity index (χ2n) is 5.48. The van der Waals surface area contributed by atoms with Crippen molar-refractivity contribution in [3.05, 3.63) is 63.6 Å². The molecule has 0 aromatic heterocycles. The van der Waals surface area contributed by atoms with Gasteiger partial charge in [-0.15, -0.1) is 0 Å². The molecule has 0 spiro atoms. The van der Waals surface area contributed by atoms with Crippen molar-refractivity contribution in [2.24, 2.45) is 0 Å². The number of nitrogens with one attached hydrogen (secondary N) is 1. The number of carbonyl (C=O) groups is 1. The average Bonchev–Trinajstić information content (AvgIpc) is 2.58. The van der Waals surface area contributed by atoms with Crippen molar-refractivity contribution < 1.29 is 14.8 Å². The fourth-order valence-corrected chi connectivity index (χ4v) is 2.98. The van der Waals surface area contributed by atoms with Crippen LogP contribution in [0.1, 0.15) is 24.1 Å². The Morgan fingerprint density at radius 1 is 1.25 bits per heavy atom. The lowest BCUT2D eigenvalue weighted by molar-refractivity contribution is -0.682. The van der Waals surface area contributed by atoms with Crippen molar-refractivity contribution in [3.8, 4) is 5.75 Å². The number of benzene rings is 2. The Labute approximate surface area is 152 Å². The molecule has 6 heteroatoms. The summed E-state index contributed by atoms with van der Waals surface area (Å²) in [6.07, 6.45) is 0. The summed E-state index contributed by atoms with van der Waals surface area (Å²) < 4.78 is 5.27. The predicted molar refractivity (Wildman–Crippen MR) is 96.5 cm³/mol. The van der Waals surface area contributed by atoms with E-state index in [9.17, 15) is 4.79 Å². The molecule has 0 aliphatic heterocycles. The first kappa shape index (κ1) is 18.6.